The molecule has 1 aromatic carbocycles. The standard InChI is InChI=1S/C26H36N2O6/c1-18-8-6-10-19(2)34-26(32)25-20(15-22(29)16-23(25)30)14-21(11-7-9-18)27-33-17-24(31)28-12-4-3-5-13-28/h6-8,11,15-16,18-19,26,29-30,32H,3-5,9-10,12-14,17H2,1-2H3/b8-6+,11-7+,27-21+/t18?,19-,26?/m1/s1. The van der Waals surface area contributed by atoms with Crippen LogP contribution in [0.4, 0.5) is 0 Å². The molecule has 1 amide bonds. The quantitative estimate of drug-likeness (QED) is 0.453. The fourth-order valence-corrected chi connectivity index (χ4v) is 4.18. The average Bonchev–Trinajstić information content (AvgIpc) is 2.78. The first-order valence-corrected chi connectivity index (χ1v) is 12.0. The Morgan fingerprint density at radius 3 is 2.68 bits per heavy atom. The Bertz CT molecular complexity index is 920. The van der Waals surface area contributed by atoms with E-state index in [-0.39, 0.29) is 42.1 Å². The number of oxime groups is 1. The molecule has 2 heterocycles. The summed E-state index contributed by atoms with van der Waals surface area (Å²) >= 11 is 0. The highest BCUT2D eigenvalue weighted by Crippen LogP contribution is 2.34. The van der Waals surface area contributed by atoms with Crippen LogP contribution in [-0.4, -0.2) is 57.6 Å². The van der Waals surface area contributed by atoms with Crippen molar-refractivity contribution in [2.75, 3.05) is 19.7 Å². The van der Waals surface area contributed by atoms with E-state index in [0.717, 1.165) is 38.8 Å². The first kappa shape index (κ1) is 25.8. The van der Waals surface area contributed by atoms with Crippen LogP contribution in [0.15, 0.2) is 41.6 Å². The van der Waals surface area contributed by atoms with Gasteiger partial charge in [0.25, 0.3) is 5.91 Å². The van der Waals surface area contributed by atoms with E-state index in [0.29, 0.717) is 23.6 Å². The van der Waals surface area contributed by atoms with Crippen LogP contribution in [0.5, 0.6) is 11.5 Å². The summed E-state index contributed by atoms with van der Waals surface area (Å²) in [7, 11) is 0. The second-order valence-corrected chi connectivity index (χ2v) is 9.09. The van der Waals surface area contributed by atoms with E-state index in [2.05, 4.69) is 18.2 Å². The predicted octanol–water partition coefficient (Wildman–Crippen LogP) is 3.96. The zero-order valence-corrected chi connectivity index (χ0v) is 20.0. The van der Waals surface area contributed by atoms with Crippen molar-refractivity contribution < 1.29 is 29.7 Å². The molecule has 34 heavy (non-hydrogen) atoms. The molecule has 0 aromatic heterocycles. The van der Waals surface area contributed by atoms with Gasteiger partial charge < -0.3 is 29.8 Å². The Morgan fingerprint density at radius 1 is 1.15 bits per heavy atom. The maximum Gasteiger partial charge on any atom is 0.263 e. The number of phenols is 2. The highest BCUT2D eigenvalue weighted by molar-refractivity contribution is 5.96. The Hall–Kier alpha value is -2.84. The van der Waals surface area contributed by atoms with Gasteiger partial charge in [0.15, 0.2) is 12.9 Å². The van der Waals surface area contributed by atoms with Crippen molar-refractivity contribution in [2.24, 2.45) is 11.1 Å². The minimum absolute atomic E-state index is 0.0961. The number of aromatic hydroxyl groups is 2. The number of hydrogen-bond donors (Lipinski definition) is 3. The maximum absolute atomic E-state index is 12.4. The van der Waals surface area contributed by atoms with Gasteiger partial charge in [0, 0.05) is 25.6 Å². The molecule has 2 aliphatic rings. The summed E-state index contributed by atoms with van der Waals surface area (Å²) in [6.07, 6.45) is 10.9. The zero-order valence-electron chi connectivity index (χ0n) is 20.0. The molecule has 1 fully saturated rings. The number of benzene rings is 1. The number of aliphatic hydroxyl groups is 1. The van der Waals surface area contributed by atoms with Crippen LogP contribution < -0.4 is 0 Å². The first-order valence-electron chi connectivity index (χ1n) is 12.0. The molecule has 0 aliphatic carbocycles. The monoisotopic (exact) mass is 472 g/mol. The number of phenolic OH excluding ortho intramolecular Hbond substituents is 2. The summed E-state index contributed by atoms with van der Waals surface area (Å²) in [5, 5.41) is 35.4. The first-order chi connectivity index (χ1) is 16.3. The van der Waals surface area contributed by atoms with Crippen molar-refractivity contribution in [3.63, 3.8) is 0 Å². The molecule has 1 saturated heterocycles. The molecule has 1 aromatic rings. The Labute approximate surface area is 201 Å². The molecule has 2 unspecified atom stereocenters. The zero-order chi connectivity index (χ0) is 24.5. The third-order valence-electron chi connectivity index (χ3n) is 6.04. The molecule has 3 rings (SSSR count). The number of piperidine rings is 1. The lowest BCUT2D eigenvalue weighted by Gasteiger charge is -2.26. The summed E-state index contributed by atoms with van der Waals surface area (Å²) in [5.74, 6) is -0.213. The lowest BCUT2D eigenvalue weighted by Crippen LogP contribution is -2.37. The van der Waals surface area contributed by atoms with Gasteiger partial charge in [-0.3, -0.25) is 4.79 Å². The van der Waals surface area contributed by atoms with E-state index in [4.69, 9.17) is 9.57 Å². The average molecular weight is 473 g/mol. The number of carbonyl (C=O) groups excluding carboxylic acids is 1. The second kappa shape index (κ2) is 12.6. The van der Waals surface area contributed by atoms with E-state index in [1.54, 1.807) is 4.90 Å². The molecule has 0 spiro atoms. The van der Waals surface area contributed by atoms with Gasteiger partial charge in [-0.15, -0.1) is 0 Å². The molecular weight excluding hydrogens is 436 g/mol. The third kappa shape index (κ3) is 7.60. The van der Waals surface area contributed by atoms with Crippen molar-refractivity contribution in [1.82, 2.24) is 4.90 Å². The largest absolute Gasteiger partial charge is 0.508 e. The summed E-state index contributed by atoms with van der Waals surface area (Å²) < 4.78 is 5.72. The van der Waals surface area contributed by atoms with Crippen molar-refractivity contribution in [1.29, 1.82) is 0 Å². The molecule has 0 saturated carbocycles. The minimum Gasteiger partial charge on any atom is -0.508 e. The van der Waals surface area contributed by atoms with E-state index in [1.165, 1.54) is 12.1 Å². The Morgan fingerprint density at radius 2 is 1.91 bits per heavy atom. The number of nitrogens with zero attached hydrogens (tertiary/aromatic N) is 2. The van der Waals surface area contributed by atoms with E-state index >= 15 is 0 Å². The number of likely N-dealkylation sites (tertiary alicyclic amines) is 1. The predicted molar refractivity (Wildman–Crippen MR) is 129 cm³/mol. The molecule has 8 nitrogen and oxygen atoms in total. The van der Waals surface area contributed by atoms with Gasteiger partial charge in [0.05, 0.1) is 17.4 Å². The van der Waals surface area contributed by atoms with Gasteiger partial charge in [-0.1, -0.05) is 30.3 Å². The smallest absolute Gasteiger partial charge is 0.263 e. The van der Waals surface area contributed by atoms with Crippen LogP contribution in [0.1, 0.15) is 63.4 Å². The van der Waals surface area contributed by atoms with Gasteiger partial charge >= 0.3 is 0 Å². The molecule has 8 heteroatoms. The van der Waals surface area contributed by atoms with Crippen LogP contribution >= 0.6 is 0 Å². The highest BCUT2D eigenvalue weighted by atomic mass is 16.6. The second-order valence-electron chi connectivity index (χ2n) is 9.09. The van der Waals surface area contributed by atoms with Gasteiger partial charge in [0.2, 0.25) is 0 Å². The van der Waals surface area contributed by atoms with Crippen molar-refractivity contribution in [3.05, 3.63) is 47.6 Å². The van der Waals surface area contributed by atoms with Gasteiger partial charge in [-0.05, 0) is 62.7 Å². The van der Waals surface area contributed by atoms with Gasteiger partial charge in [0.1, 0.15) is 11.5 Å². The van der Waals surface area contributed by atoms with Crippen molar-refractivity contribution in [2.45, 2.75) is 64.8 Å². The summed E-state index contributed by atoms with van der Waals surface area (Å²) in [6.45, 7) is 5.28. The molecule has 186 valence electrons. The van der Waals surface area contributed by atoms with Gasteiger partial charge in [-0.25, -0.2) is 0 Å². The number of ether oxygens (including phenoxy) is 1. The lowest BCUT2D eigenvalue weighted by atomic mass is 9.98. The van der Waals surface area contributed by atoms with E-state index < -0.39 is 6.29 Å². The van der Waals surface area contributed by atoms with Crippen LogP contribution in [-0.2, 0) is 20.8 Å². The highest BCUT2D eigenvalue weighted by Gasteiger charge is 2.22. The summed E-state index contributed by atoms with van der Waals surface area (Å²) in [5.41, 5.74) is 1.11. The van der Waals surface area contributed by atoms with Crippen LogP contribution in [0, 0.1) is 5.92 Å². The number of carbonyl (C=O) groups is 1. The number of amides is 1. The molecule has 3 N–H and O–H groups in total. The molecule has 2 aliphatic heterocycles. The fourth-order valence-electron chi connectivity index (χ4n) is 4.18. The van der Waals surface area contributed by atoms with Crippen LogP contribution in [0.2, 0.25) is 0 Å². The van der Waals surface area contributed by atoms with Crippen LogP contribution in [0.25, 0.3) is 0 Å². The van der Waals surface area contributed by atoms with Gasteiger partial charge in [-0.2, -0.15) is 0 Å². The molecule has 0 radical (unpaired) electrons. The number of rotatable bonds is 3. The van der Waals surface area contributed by atoms with Crippen molar-refractivity contribution in [3.8, 4) is 11.5 Å². The van der Waals surface area contributed by atoms with Crippen molar-refractivity contribution >= 4 is 11.6 Å². The normalized spacial score (nSPS) is 27.4. The summed E-state index contributed by atoms with van der Waals surface area (Å²) in [4.78, 5) is 19.6. The topological polar surface area (TPSA) is 112 Å². The number of hydrogen-bond acceptors (Lipinski definition) is 7. The fraction of sp³-hybridized carbons (Fsp3) is 0.538. The SMILES string of the molecule is CC1/C=C/C[C@@H](C)OC(O)c2c(O)cc(O)cc2CC(=N/OCC(=O)N2CCCCC2)/C=C/C1. The number of allylic oxidation sites excluding steroid dienone is 3. The molecular formula is C26H36N2O6. The minimum atomic E-state index is -1.38. The Balaban J connectivity index is 1.85. The third-order valence-corrected chi connectivity index (χ3v) is 6.04. The van der Waals surface area contributed by atoms with Crippen LogP contribution in [0.3, 0.4) is 0 Å². The number of fused-ring (bicyclic) bond motifs is 1. The summed E-state index contributed by atoms with van der Waals surface area (Å²) in [6, 6.07) is 2.63. The number of aliphatic hydroxyl groups excluding tert-OH is 1. The molecule has 0 bridgehead atoms. The lowest BCUT2D eigenvalue weighted by molar-refractivity contribution is -0.137. The van der Waals surface area contributed by atoms with E-state index in [1.807, 2.05) is 25.2 Å². The van der Waals surface area contributed by atoms with E-state index in [9.17, 15) is 20.1 Å². The molecule has 3 atom stereocenters. The maximum atomic E-state index is 12.4. The Kier molecular flexibility index (Phi) is 9.53.